The Morgan fingerprint density at radius 1 is 1.25 bits per heavy atom. The van der Waals surface area contributed by atoms with E-state index in [2.05, 4.69) is 4.72 Å². The number of nitrogens with one attached hydrogen (secondary N) is 1. The largest absolute Gasteiger partial charge is 0.330 e. The van der Waals surface area contributed by atoms with Crippen LogP contribution in [0, 0.1) is 0 Å². The van der Waals surface area contributed by atoms with E-state index in [4.69, 9.17) is 5.73 Å². The molecule has 0 aromatic heterocycles. The molecule has 0 aliphatic carbocycles. The molecule has 92 valence electrons. The van der Waals surface area contributed by atoms with Gasteiger partial charge in [0.25, 0.3) is 0 Å². The number of rotatable bonds is 5. The standard InChI is InChI=1S/C10H16N2O2S.ClH/c1-2-12-15(13,14)10-5-3-9(4-6-10)7-8-11;/h3-6,12H,2,7-8,11H2,1H3;1H. The van der Waals surface area contributed by atoms with Crippen molar-refractivity contribution in [2.75, 3.05) is 13.1 Å². The minimum Gasteiger partial charge on any atom is -0.330 e. The first-order chi connectivity index (χ1) is 7.10. The van der Waals surface area contributed by atoms with Crippen LogP contribution in [0.4, 0.5) is 0 Å². The average Bonchev–Trinajstić information content (AvgIpc) is 2.19. The minimum atomic E-state index is -3.32. The number of hydrogen-bond acceptors (Lipinski definition) is 3. The van der Waals surface area contributed by atoms with Gasteiger partial charge in [-0.15, -0.1) is 12.4 Å². The summed E-state index contributed by atoms with van der Waals surface area (Å²) in [6, 6.07) is 6.78. The van der Waals surface area contributed by atoms with Crippen LogP contribution in [0.15, 0.2) is 29.2 Å². The molecule has 0 spiro atoms. The van der Waals surface area contributed by atoms with Gasteiger partial charge in [-0.25, -0.2) is 13.1 Å². The SMILES string of the molecule is CCNS(=O)(=O)c1ccc(CCN)cc1.Cl. The zero-order valence-electron chi connectivity index (χ0n) is 9.14. The number of hydrogen-bond donors (Lipinski definition) is 2. The van der Waals surface area contributed by atoms with Crippen LogP contribution in [-0.4, -0.2) is 21.5 Å². The van der Waals surface area contributed by atoms with Crippen LogP contribution in [0.5, 0.6) is 0 Å². The molecule has 6 heteroatoms. The second-order valence-electron chi connectivity index (χ2n) is 3.18. The van der Waals surface area contributed by atoms with E-state index in [9.17, 15) is 8.42 Å². The summed E-state index contributed by atoms with van der Waals surface area (Å²) >= 11 is 0. The predicted octanol–water partition coefficient (Wildman–Crippen LogP) is 0.908. The van der Waals surface area contributed by atoms with Crippen LogP contribution in [0.1, 0.15) is 12.5 Å². The normalized spacial score (nSPS) is 10.9. The lowest BCUT2D eigenvalue weighted by Crippen LogP contribution is -2.23. The van der Waals surface area contributed by atoms with E-state index in [-0.39, 0.29) is 12.4 Å². The molecule has 0 unspecified atom stereocenters. The Hall–Kier alpha value is -0.620. The quantitative estimate of drug-likeness (QED) is 0.830. The Morgan fingerprint density at radius 2 is 1.81 bits per heavy atom. The van der Waals surface area contributed by atoms with Crippen molar-refractivity contribution in [3.8, 4) is 0 Å². The van der Waals surface area contributed by atoms with Crippen LogP contribution in [0.2, 0.25) is 0 Å². The molecule has 3 N–H and O–H groups in total. The van der Waals surface area contributed by atoms with Crippen molar-refractivity contribution in [1.82, 2.24) is 4.72 Å². The van der Waals surface area contributed by atoms with Gasteiger partial charge in [-0.1, -0.05) is 19.1 Å². The lowest BCUT2D eigenvalue weighted by molar-refractivity contribution is 0.584. The van der Waals surface area contributed by atoms with E-state index in [1.54, 1.807) is 31.2 Å². The van der Waals surface area contributed by atoms with Crippen LogP contribution < -0.4 is 10.5 Å². The molecule has 0 atom stereocenters. The van der Waals surface area contributed by atoms with Crippen molar-refractivity contribution >= 4 is 22.4 Å². The van der Waals surface area contributed by atoms with Crippen LogP contribution >= 0.6 is 12.4 Å². The van der Waals surface area contributed by atoms with Gasteiger partial charge in [-0.3, -0.25) is 0 Å². The van der Waals surface area contributed by atoms with Crippen LogP contribution in [-0.2, 0) is 16.4 Å². The molecular formula is C10H17ClN2O2S. The summed E-state index contributed by atoms with van der Waals surface area (Å²) in [7, 11) is -3.32. The minimum absolute atomic E-state index is 0. The molecule has 1 aromatic rings. The second-order valence-corrected chi connectivity index (χ2v) is 4.95. The molecule has 0 fully saturated rings. The van der Waals surface area contributed by atoms with E-state index >= 15 is 0 Å². The second kappa shape index (κ2) is 6.85. The van der Waals surface area contributed by atoms with Gasteiger partial charge >= 0.3 is 0 Å². The maximum absolute atomic E-state index is 11.6. The molecule has 1 rings (SSSR count). The van der Waals surface area contributed by atoms with E-state index in [1.165, 1.54) is 0 Å². The van der Waals surface area contributed by atoms with Gasteiger partial charge in [0.2, 0.25) is 10.0 Å². The van der Waals surface area contributed by atoms with E-state index < -0.39 is 10.0 Å². The fourth-order valence-corrected chi connectivity index (χ4v) is 2.32. The molecule has 16 heavy (non-hydrogen) atoms. The monoisotopic (exact) mass is 264 g/mol. The maximum Gasteiger partial charge on any atom is 0.240 e. The number of halogens is 1. The third-order valence-corrected chi connectivity index (χ3v) is 3.56. The summed E-state index contributed by atoms with van der Waals surface area (Å²) in [5, 5.41) is 0. The molecule has 4 nitrogen and oxygen atoms in total. The highest BCUT2D eigenvalue weighted by Gasteiger charge is 2.11. The predicted molar refractivity (Wildman–Crippen MR) is 67.3 cm³/mol. The summed E-state index contributed by atoms with van der Waals surface area (Å²) in [5.41, 5.74) is 6.45. The molecule has 0 amide bonds. The van der Waals surface area contributed by atoms with Gasteiger partial charge in [0.05, 0.1) is 4.90 Å². The lowest BCUT2D eigenvalue weighted by Gasteiger charge is -2.05. The summed E-state index contributed by atoms with van der Waals surface area (Å²) in [5.74, 6) is 0. The van der Waals surface area contributed by atoms with Gasteiger partial charge in [0, 0.05) is 6.54 Å². The Bertz CT molecular complexity index is 403. The first kappa shape index (κ1) is 15.4. The Balaban J connectivity index is 0.00000225. The van der Waals surface area contributed by atoms with Crippen LogP contribution in [0.3, 0.4) is 0 Å². The Morgan fingerprint density at radius 3 is 2.25 bits per heavy atom. The number of nitrogens with two attached hydrogens (primary N) is 1. The fourth-order valence-electron chi connectivity index (χ4n) is 1.28. The summed E-state index contributed by atoms with van der Waals surface area (Å²) in [6.07, 6.45) is 0.765. The molecule has 0 aliphatic rings. The van der Waals surface area contributed by atoms with Crippen molar-refractivity contribution < 1.29 is 8.42 Å². The molecule has 0 saturated heterocycles. The number of sulfonamides is 1. The zero-order valence-corrected chi connectivity index (χ0v) is 10.8. The highest BCUT2D eigenvalue weighted by Crippen LogP contribution is 2.10. The average molecular weight is 265 g/mol. The summed E-state index contributed by atoms with van der Waals surface area (Å²) < 4.78 is 25.6. The third-order valence-electron chi connectivity index (χ3n) is 2.00. The van der Waals surface area contributed by atoms with Gasteiger partial charge in [0.1, 0.15) is 0 Å². The van der Waals surface area contributed by atoms with Crippen molar-refractivity contribution in [1.29, 1.82) is 0 Å². The van der Waals surface area contributed by atoms with Crippen molar-refractivity contribution in [3.05, 3.63) is 29.8 Å². The smallest absolute Gasteiger partial charge is 0.240 e. The van der Waals surface area contributed by atoms with Gasteiger partial charge < -0.3 is 5.73 Å². The van der Waals surface area contributed by atoms with E-state index in [0.29, 0.717) is 18.0 Å². The first-order valence-corrected chi connectivity index (χ1v) is 6.37. The van der Waals surface area contributed by atoms with Gasteiger partial charge in [-0.05, 0) is 30.7 Å². The van der Waals surface area contributed by atoms with Crippen LogP contribution in [0.25, 0.3) is 0 Å². The number of benzene rings is 1. The van der Waals surface area contributed by atoms with Crippen molar-refractivity contribution in [2.45, 2.75) is 18.2 Å². The highest BCUT2D eigenvalue weighted by atomic mass is 35.5. The summed E-state index contributed by atoms with van der Waals surface area (Å²) in [4.78, 5) is 0.296. The van der Waals surface area contributed by atoms with Crippen molar-refractivity contribution in [2.24, 2.45) is 5.73 Å². The molecule has 0 bridgehead atoms. The van der Waals surface area contributed by atoms with Gasteiger partial charge in [-0.2, -0.15) is 0 Å². The molecule has 0 aliphatic heterocycles. The zero-order chi connectivity index (χ0) is 11.3. The van der Waals surface area contributed by atoms with E-state index in [0.717, 1.165) is 12.0 Å². The molecule has 0 saturated carbocycles. The molecular weight excluding hydrogens is 248 g/mol. The Kier molecular flexibility index (Phi) is 6.59. The third kappa shape index (κ3) is 4.09. The topological polar surface area (TPSA) is 72.2 Å². The fraction of sp³-hybridized carbons (Fsp3) is 0.400. The first-order valence-electron chi connectivity index (χ1n) is 4.89. The molecule has 0 radical (unpaired) electrons. The molecule has 1 aromatic carbocycles. The van der Waals surface area contributed by atoms with E-state index in [1.807, 2.05) is 0 Å². The van der Waals surface area contributed by atoms with Gasteiger partial charge in [0.15, 0.2) is 0 Å². The summed E-state index contributed by atoms with van der Waals surface area (Å²) in [6.45, 7) is 2.71. The highest BCUT2D eigenvalue weighted by molar-refractivity contribution is 7.89. The lowest BCUT2D eigenvalue weighted by atomic mass is 10.2. The molecule has 0 heterocycles. The van der Waals surface area contributed by atoms with Crippen molar-refractivity contribution in [3.63, 3.8) is 0 Å². The Labute approximate surface area is 103 Å². The maximum atomic E-state index is 11.6.